The van der Waals surface area contributed by atoms with E-state index in [1.807, 2.05) is 13.8 Å². The first-order valence-electron chi connectivity index (χ1n) is 6.50. The lowest BCUT2D eigenvalue weighted by Crippen LogP contribution is -2.31. The summed E-state index contributed by atoms with van der Waals surface area (Å²) in [6, 6.07) is 9.03. The molecule has 0 bridgehead atoms. The van der Waals surface area contributed by atoms with E-state index < -0.39 is 5.82 Å². The maximum absolute atomic E-state index is 13.3. The molecule has 0 atom stereocenters. The van der Waals surface area contributed by atoms with Crippen molar-refractivity contribution in [2.75, 3.05) is 11.4 Å². The number of carbonyl (C=O) groups is 1. The van der Waals surface area contributed by atoms with Crippen LogP contribution in [0.4, 0.5) is 10.1 Å². The summed E-state index contributed by atoms with van der Waals surface area (Å²) in [7, 11) is 0. The summed E-state index contributed by atoms with van der Waals surface area (Å²) < 4.78 is 13.5. The van der Waals surface area contributed by atoms with E-state index in [-0.39, 0.29) is 16.1 Å². The van der Waals surface area contributed by atoms with Crippen LogP contribution in [0.25, 0.3) is 0 Å². The van der Waals surface area contributed by atoms with Gasteiger partial charge in [-0.25, -0.2) is 4.39 Å². The lowest BCUT2D eigenvalue weighted by Gasteiger charge is -2.23. The van der Waals surface area contributed by atoms with E-state index in [4.69, 9.17) is 0 Å². The van der Waals surface area contributed by atoms with Crippen molar-refractivity contribution in [3.8, 4) is 5.75 Å². The zero-order valence-electron chi connectivity index (χ0n) is 11.7. The highest BCUT2D eigenvalue weighted by atomic mass is 79.9. The molecule has 1 N–H and O–H groups in total. The Morgan fingerprint density at radius 3 is 2.62 bits per heavy atom. The minimum absolute atomic E-state index is 0.0992. The Labute approximate surface area is 131 Å². The van der Waals surface area contributed by atoms with Gasteiger partial charge in [-0.2, -0.15) is 0 Å². The second-order valence-corrected chi connectivity index (χ2v) is 5.50. The highest BCUT2D eigenvalue weighted by Gasteiger charge is 2.19. The second kappa shape index (κ2) is 6.26. The van der Waals surface area contributed by atoms with Crippen molar-refractivity contribution in [3.05, 3.63) is 57.8 Å². The molecule has 0 saturated carbocycles. The van der Waals surface area contributed by atoms with Crippen LogP contribution in [0.5, 0.6) is 5.75 Å². The van der Waals surface area contributed by atoms with E-state index in [0.717, 1.165) is 5.56 Å². The smallest absolute Gasteiger partial charge is 0.258 e. The van der Waals surface area contributed by atoms with Crippen LogP contribution in [0.3, 0.4) is 0 Å². The van der Waals surface area contributed by atoms with Crippen molar-refractivity contribution in [2.45, 2.75) is 13.8 Å². The Hall–Kier alpha value is -1.88. The molecule has 0 heterocycles. The molecule has 0 aliphatic carbocycles. The Kier molecular flexibility index (Phi) is 4.63. The first kappa shape index (κ1) is 15.5. The predicted octanol–water partition coefficient (Wildman–Crippen LogP) is 4.27. The minimum atomic E-state index is -0.414. The van der Waals surface area contributed by atoms with Crippen molar-refractivity contribution in [1.82, 2.24) is 0 Å². The number of aromatic hydroxyl groups is 1. The Bertz CT molecular complexity index is 688. The van der Waals surface area contributed by atoms with Crippen LogP contribution in [0, 0.1) is 12.7 Å². The monoisotopic (exact) mass is 351 g/mol. The highest BCUT2D eigenvalue weighted by Crippen LogP contribution is 2.27. The van der Waals surface area contributed by atoms with Gasteiger partial charge in [0.15, 0.2) is 0 Å². The molecular weight excluding hydrogens is 337 g/mol. The molecular formula is C16H15BrFNO2. The van der Waals surface area contributed by atoms with Gasteiger partial charge in [0.25, 0.3) is 5.91 Å². The number of rotatable bonds is 3. The lowest BCUT2D eigenvalue weighted by atomic mass is 10.1. The van der Waals surface area contributed by atoms with E-state index in [9.17, 15) is 14.3 Å². The predicted molar refractivity (Wildman–Crippen MR) is 84.3 cm³/mol. The van der Waals surface area contributed by atoms with Gasteiger partial charge in [-0.05, 0) is 59.6 Å². The normalized spacial score (nSPS) is 10.5. The molecule has 2 rings (SSSR count). The number of hydrogen-bond acceptors (Lipinski definition) is 2. The average Bonchev–Trinajstić information content (AvgIpc) is 2.46. The number of halogens is 2. The van der Waals surface area contributed by atoms with E-state index in [1.165, 1.54) is 18.2 Å². The molecule has 2 aromatic rings. The average molecular weight is 352 g/mol. The molecule has 0 fully saturated rings. The van der Waals surface area contributed by atoms with Gasteiger partial charge in [0, 0.05) is 18.2 Å². The maximum Gasteiger partial charge on any atom is 0.258 e. The van der Waals surface area contributed by atoms with Gasteiger partial charge >= 0.3 is 0 Å². The number of benzene rings is 2. The number of nitrogens with zero attached hydrogens (tertiary/aromatic N) is 1. The van der Waals surface area contributed by atoms with Crippen LogP contribution < -0.4 is 4.90 Å². The fourth-order valence-electron chi connectivity index (χ4n) is 2.10. The van der Waals surface area contributed by atoms with Gasteiger partial charge in [-0.15, -0.1) is 0 Å². The summed E-state index contributed by atoms with van der Waals surface area (Å²) in [5.74, 6) is -0.558. The van der Waals surface area contributed by atoms with Crippen molar-refractivity contribution in [3.63, 3.8) is 0 Å². The molecule has 21 heavy (non-hydrogen) atoms. The summed E-state index contributed by atoms with van der Waals surface area (Å²) in [5.41, 5.74) is 1.90. The summed E-state index contributed by atoms with van der Waals surface area (Å²) in [6.45, 7) is 4.16. The number of hydrogen-bond donors (Lipinski definition) is 1. The van der Waals surface area contributed by atoms with Crippen LogP contribution in [-0.4, -0.2) is 17.6 Å². The third-order valence-electron chi connectivity index (χ3n) is 3.21. The molecule has 0 aliphatic heterocycles. The molecule has 0 radical (unpaired) electrons. The lowest BCUT2D eigenvalue weighted by molar-refractivity contribution is 0.0988. The number of phenols is 1. The largest absolute Gasteiger partial charge is 0.508 e. The minimum Gasteiger partial charge on any atom is -0.508 e. The fourth-order valence-corrected chi connectivity index (χ4v) is 2.48. The van der Waals surface area contributed by atoms with E-state index in [2.05, 4.69) is 15.9 Å². The summed E-state index contributed by atoms with van der Waals surface area (Å²) >= 11 is 3.08. The topological polar surface area (TPSA) is 40.5 Å². The van der Waals surface area contributed by atoms with Gasteiger partial charge < -0.3 is 10.0 Å². The number of carbonyl (C=O) groups excluding carboxylic acids is 1. The molecule has 0 aromatic heterocycles. The quantitative estimate of drug-likeness (QED) is 0.896. The van der Waals surface area contributed by atoms with Crippen molar-refractivity contribution in [1.29, 1.82) is 0 Å². The van der Waals surface area contributed by atoms with Gasteiger partial charge in [0.2, 0.25) is 0 Å². The molecule has 1 amide bonds. The van der Waals surface area contributed by atoms with E-state index in [0.29, 0.717) is 17.8 Å². The van der Waals surface area contributed by atoms with Gasteiger partial charge in [0.05, 0.1) is 10.2 Å². The van der Waals surface area contributed by atoms with Crippen molar-refractivity contribution >= 4 is 27.5 Å². The third-order valence-corrected chi connectivity index (χ3v) is 3.82. The third kappa shape index (κ3) is 3.24. The van der Waals surface area contributed by atoms with Crippen LogP contribution >= 0.6 is 15.9 Å². The Balaban J connectivity index is 2.43. The van der Waals surface area contributed by atoms with Gasteiger partial charge in [-0.1, -0.05) is 6.07 Å². The van der Waals surface area contributed by atoms with Crippen LogP contribution in [-0.2, 0) is 0 Å². The molecule has 0 aliphatic rings. The van der Waals surface area contributed by atoms with Crippen LogP contribution in [0.2, 0.25) is 0 Å². The van der Waals surface area contributed by atoms with E-state index >= 15 is 0 Å². The second-order valence-electron chi connectivity index (χ2n) is 4.65. The van der Waals surface area contributed by atoms with E-state index in [1.54, 1.807) is 23.1 Å². The van der Waals surface area contributed by atoms with Crippen molar-refractivity contribution < 1.29 is 14.3 Å². The first-order valence-corrected chi connectivity index (χ1v) is 7.30. The summed E-state index contributed by atoms with van der Waals surface area (Å²) in [4.78, 5) is 14.2. The Morgan fingerprint density at radius 2 is 2.00 bits per heavy atom. The standard InChI is InChI=1S/C16H15BrFNO2/c1-3-19(15-9-12(20)6-4-10(15)2)16(21)11-5-7-14(18)13(17)8-11/h4-9,20H,3H2,1-2H3. The molecule has 3 nitrogen and oxygen atoms in total. The molecule has 110 valence electrons. The molecule has 5 heteroatoms. The number of phenolic OH excluding ortho intramolecular Hbond substituents is 1. The zero-order chi connectivity index (χ0) is 15.6. The SMILES string of the molecule is CCN(C(=O)c1ccc(F)c(Br)c1)c1cc(O)ccc1C. The first-order chi connectivity index (χ1) is 9.93. The Morgan fingerprint density at radius 1 is 1.29 bits per heavy atom. The molecule has 0 unspecified atom stereocenters. The fraction of sp³-hybridized carbons (Fsp3) is 0.188. The zero-order valence-corrected chi connectivity index (χ0v) is 13.3. The van der Waals surface area contributed by atoms with Crippen molar-refractivity contribution in [2.24, 2.45) is 0 Å². The molecule has 0 spiro atoms. The summed E-state index contributed by atoms with van der Waals surface area (Å²) in [5, 5.41) is 9.62. The van der Waals surface area contributed by atoms with Crippen LogP contribution in [0.1, 0.15) is 22.8 Å². The highest BCUT2D eigenvalue weighted by molar-refractivity contribution is 9.10. The maximum atomic E-state index is 13.3. The molecule has 2 aromatic carbocycles. The summed E-state index contributed by atoms with van der Waals surface area (Å²) in [6.07, 6.45) is 0. The van der Waals surface area contributed by atoms with Crippen LogP contribution in [0.15, 0.2) is 40.9 Å². The number of anilines is 1. The number of amides is 1. The van der Waals surface area contributed by atoms with Gasteiger partial charge in [0.1, 0.15) is 11.6 Å². The van der Waals surface area contributed by atoms with Gasteiger partial charge in [-0.3, -0.25) is 4.79 Å². The molecule has 0 saturated heterocycles. The number of aryl methyl sites for hydroxylation is 1.